The third-order valence-corrected chi connectivity index (χ3v) is 2.12. The van der Waals surface area contributed by atoms with Gasteiger partial charge in [0.15, 0.2) is 0 Å². The standard InChI is InChI=1S/C6H13N/c1-5(2)6(3,4)7-5/h7H,1-4H3. The van der Waals surface area contributed by atoms with Crippen LogP contribution in [0.3, 0.4) is 0 Å². The lowest BCUT2D eigenvalue weighted by Crippen LogP contribution is -2.10. The van der Waals surface area contributed by atoms with Crippen molar-refractivity contribution in [3.05, 3.63) is 0 Å². The van der Waals surface area contributed by atoms with Crippen LogP contribution in [0.4, 0.5) is 0 Å². The molecular formula is C6H13N. The zero-order valence-corrected chi connectivity index (χ0v) is 5.50. The Kier molecular flexibility index (Phi) is 0.636. The molecule has 0 bridgehead atoms. The normalized spacial score (nSPS) is 32.6. The molecule has 0 saturated carbocycles. The molecule has 1 N–H and O–H groups in total. The van der Waals surface area contributed by atoms with Crippen LogP contribution in [-0.4, -0.2) is 11.1 Å². The second-order valence-corrected chi connectivity index (χ2v) is 3.38. The molecule has 0 aliphatic carbocycles. The topological polar surface area (TPSA) is 21.9 Å². The molecule has 0 atom stereocenters. The molecule has 1 heteroatoms. The Morgan fingerprint density at radius 3 is 1.00 bits per heavy atom. The fourth-order valence-electron chi connectivity index (χ4n) is 0.750. The first-order valence-electron chi connectivity index (χ1n) is 2.75. The van der Waals surface area contributed by atoms with Gasteiger partial charge in [0.05, 0.1) is 0 Å². The van der Waals surface area contributed by atoms with Gasteiger partial charge in [-0.3, -0.25) is 0 Å². The fraction of sp³-hybridized carbons (Fsp3) is 1.00. The highest BCUT2D eigenvalue weighted by atomic mass is 15.2. The van der Waals surface area contributed by atoms with Crippen LogP contribution < -0.4 is 5.32 Å². The van der Waals surface area contributed by atoms with E-state index in [0.29, 0.717) is 11.1 Å². The molecule has 0 unspecified atom stereocenters. The molecule has 7 heavy (non-hydrogen) atoms. The Bertz CT molecular complexity index is 80.4. The molecule has 0 radical (unpaired) electrons. The van der Waals surface area contributed by atoms with Gasteiger partial charge in [0.2, 0.25) is 0 Å². The van der Waals surface area contributed by atoms with Crippen LogP contribution in [0, 0.1) is 0 Å². The summed E-state index contributed by atoms with van der Waals surface area (Å²) in [6.45, 7) is 8.86. The van der Waals surface area contributed by atoms with Crippen molar-refractivity contribution in [1.82, 2.24) is 5.32 Å². The average Bonchev–Trinajstić information content (AvgIpc) is 1.63. The van der Waals surface area contributed by atoms with Crippen LogP contribution in [0.15, 0.2) is 0 Å². The van der Waals surface area contributed by atoms with Gasteiger partial charge in [-0.25, -0.2) is 0 Å². The first-order valence-corrected chi connectivity index (χ1v) is 2.75. The summed E-state index contributed by atoms with van der Waals surface area (Å²) >= 11 is 0. The van der Waals surface area contributed by atoms with Crippen LogP contribution >= 0.6 is 0 Å². The molecule has 1 aliphatic heterocycles. The maximum Gasteiger partial charge on any atom is 0.0307 e. The largest absolute Gasteiger partial charge is 0.303 e. The summed E-state index contributed by atoms with van der Waals surface area (Å²) in [4.78, 5) is 0. The average molecular weight is 99.2 g/mol. The van der Waals surface area contributed by atoms with Crippen molar-refractivity contribution < 1.29 is 0 Å². The summed E-state index contributed by atoms with van der Waals surface area (Å²) < 4.78 is 0. The van der Waals surface area contributed by atoms with Crippen LogP contribution in [0.25, 0.3) is 0 Å². The van der Waals surface area contributed by atoms with E-state index in [2.05, 4.69) is 33.0 Å². The lowest BCUT2D eigenvalue weighted by Gasteiger charge is -1.99. The van der Waals surface area contributed by atoms with Gasteiger partial charge < -0.3 is 5.32 Å². The zero-order valence-electron chi connectivity index (χ0n) is 5.50. The molecule has 0 amide bonds. The molecule has 1 heterocycles. The van der Waals surface area contributed by atoms with E-state index in [1.165, 1.54) is 0 Å². The summed E-state index contributed by atoms with van der Waals surface area (Å²) in [5, 5.41) is 3.35. The van der Waals surface area contributed by atoms with E-state index in [9.17, 15) is 0 Å². The van der Waals surface area contributed by atoms with Gasteiger partial charge in [0.25, 0.3) is 0 Å². The van der Waals surface area contributed by atoms with Gasteiger partial charge in [-0.1, -0.05) is 0 Å². The molecule has 1 nitrogen and oxygen atoms in total. The summed E-state index contributed by atoms with van der Waals surface area (Å²) in [7, 11) is 0. The number of hydrogen-bond acceptors (Lipinski definition) is 1. The molecule has 0 aromatic carbocycles. The lowest BCUT2D eigenvalue weighted by molar-refractivity contribution is 0.652. The molecule has 1 fully saturated rings. The Morgan fingerprint density at radius 2 is 1.00 bits per heavy atom. The SMILES string of the molecule is CC1(C)NC1(C)C. The van der Waals surface area contributed by atoms with Crippen LogP contribution in [0.1, 0.15) is 27.7 Å². The number of hydrogen-bond donors (Lipinski definition) is 1. The van der Waals surface area contributed by atoms with Gasteiger partial charge >= 0.3 is 0 Å². The van der Waals surface area contributed by atoms with Crippen molar-refractivity contribution in [3.63, 3.8) is 0 Å². The first kappa shape index (κ1) is 5.10. The third kappa shape index (κ3) is 0.556. The third-order valence-electron chi connectivity index (χ3n) is 2.12. The monoisotopic (exact) mass is 99.1 g/mol. The maximum absolute atomic E-state index is 3.35. The molecule has 1 rings (SSSR count). The van der Waals surface area contributed by atoms with Crippen molar-refractivity contribution in [2.24, 2.45) is 0 Å². The van der Waals surface area contributed by atoms with Crippen molar-refractivity contribution in [2.45, 2.75) is 38.8 Å². The van der Waals surface area contributed by atoms with Gasteiger partial charge in [-0.15, -0.1) is 0 Å². The lowest BCUT2D eigenvalue weighted by atomic mass is 10.0. The predicted molar refractivity (Wildman–Crippen MR) is 31.3 cm³/mol. The predicted octanol–water partition coefficient (Wildman–Crippen LogP) is 1.15. The highest BCUT2D eigenvalue weighted by molar-refractivity contribution is 5.16. The fourth-order valence-corrected chi connectivity index (χ4v) is 0.750. The number of nitrogens with one attached hydrogen (secondary N) is 1. The van der Waals surface area contributed by atoms with E-state index in [4.69, 9.17) is 0 Å². The molecule has 42 valence electrons. The van der Waals surface area contributed by atoms with Crippen molar-refractivity contribution >= 4 is 0 Å². The van der Waals surface area contributed by atoms with E-state index in [1.807, 2.05) is 0 Å². The molecular weight excluding hydrogens is 86.1 g/mol. The zero-order chi connectivity index (χ0) is 5.71. The minimum Gasteiger partial charge on any atom is -0.303 e. The van der Waals surface area contributed by atoms with Crippen molar-refractivity contribution in [2.75, 3.05) is 0 Å². The van der Waals surface area contributed by atoms with Gasteiger partial charge in [-0.05, 0) is 27.7 Å². The summed E-state index contributed by atoms with van der Waals surface area (Å²) in [5.41, 5.74) is 0.792. The molecule has 1 saturated heterocycles. The quantitative estimate of drug-likeness (QED) is 0.452. The summed E-state index contributed by atoms with van der Waals surface area (Å²) in [5.74, 6) is 0. The number of rotatable bonds is 0. The van der Waals surface area contributed by atoms with Crippen LogP contribution in [-0.2, 0) is 0 Å². The van der Waals surface area contributed by atoms with Crippen LogP contribution in [0.2, 0.25) is 0 Å². The van der Waals surface area contributed by atoms with Gasteiger partial charge in [0.1, 0.15) is 0 Å². The Hall–Kier alpha value is -0.0400. The van der Waals surface area contributed by atoms with Crippen molar-refractivity contribution in [1.29, 1.82) is 0 Å². The van der Waals surface area contributed by atoms with E-state index >= 15 is 0 Å². The Balaban J connectivity index is 2.59. The van der Waals surface area contributed by atoms with E-state index in [1.54, 1.807) is 0 Å². The highest BCUT2D eigenvalue weighted by Gasteiger charge is 2.52. The summed E-state index contributed by atoms with van der Waals surface area (Å²) in [6.07, 6.45) is 0. The van der Waals surface area contributed by atoms with Gasteiger partial charge in [-0.2, -0.15) is 0 Å². The Morgan fingerprint density at radius 1 is 0.857 bits per heavy atom. The second-order valence-electron chi connectivity index (χ2n) is 3.38. The van der Waals surface area contributed by atoms with Gasteiger partial charge in [0, 0.05) is 11.1 Å². The van der Waals surface area contributed by atoms with E-state index in [-0.39, 0.29) is 0 Å². The molecule has 1 aliphatic rings. The van der Waals surface area contributed by atoms with E-state index in [0.717, 1.165) is 0 Å². The summed E-state index contributed by atoms with van der Waals surface area (Å²) in [6, 6.07) is 0. The minimum atomic E-state index is 0.396. The van der Waals surface area contributed by atoms with Crippen LogP contribution in [0.5, 0.6) is 0 Å². The van der Waals surface area contributed by atoms with E-state index < -0.39 is 0 Å². The maximum atomic E-state index is 3.35. The molecule has 0 aromatic heterocycles. The highest BCUT2D eigenvalue weighted by Crippen LogP contribution is 2.36. The molecule has 0 spiro atoms. The first-order chi connectivity index (χ1) is 2.96. The second kappa shape index (κ2) is 0.873. The Labute approximate surface area is 45.1 Å². The molecule has 0 aromatic rings. The minimum absolute atomic E-state index is 0.396. The smallest absolute Gasteiger partial charge is 0.0307 e. The van der Waals surface area contributed by atoms with Crippen molar-refractivity contribution in [3.8, 4) is 0 Å².